The van der Waals surface area contributed by atoms with Crippen LogP contribution >= 0.6 is 0 Å². The minimum atomic E-state index is -5.08. The van der Waals surface area contributed by atoms with Gasteiger partial charge in [0, 0.05) is 42.7 Å². The number of hydrogen-bond acceptors (Lipinski definition) is 4. The summed E-state index contributed by atoms with van der Waals surface area (Å²) in [6.07, 6.45) is 4.85. The lowest BCUT2D eigenvalue weighted by molar-refractivity contribution is -0.192. The van der Waals surface area contributed by atoms with Crippen LogP contribution in [-0.2, 0) is 9.59 Å². The summed E-state index contributed by atoms with van der Waals surface area (Å²) in [5.41, 5.74) is 7.04. The van der Waals surface area contributed by atoms with E-state index in [1.165, 1.54) is 44.1 Å². The number of amides is 2. The smallest absolute Gasteiger partial charge is 0.475 e. The van der Waals surface area contributed by atoms with Gasteiger partial charge in [-0.05, 0) is 68.1 Å². The van der Waals surface area contributed by atoms with Crippen LogP contribution in [0.5, 0.6) is 0 Å². The number of piperidine rings is 1. The van der Waals surface area contributed by atoms with Crippen molar-refractivity contribution in [2.75, 3.05) is 19.6 Å². The van der Waals surface area contributed by atoms with Crippen molar-refractivity contribution >= 4 is 17.8 Å². The zero-order valence-electron chi connectivity index (χ0n) is 23.2. The fourth-order valence-corrected chi connectivity index (χ4v) is 6.35. The summed E-state index contributed by atoms with van der Waals surface area (Å²) in [7, 11) is 0. The highest BCUT2D eigenvalue weighted by Gasteiger charge is 2.41. The molecule has 3 aliphatic rings. The number of fused-ring (bicyclic) bond motifs is 2. The van der Waals surface area contributed by atoms with Crippen LogP contribution in [0.15, 0.2) is 24.3 Å². The van der Waals surface area contributed by atoms with E-state index >= 15 is 0 Å². The second-order valence-electron chi connectivity index (χ2n) is 12.2. The monoisotopic (exact) mass is 553 g/mol. The highest BCUT2D eigenvalue weighted by molar-refractivity contribution is 5.92. The second kappa shape index (κ2) is 12.7. The maximum atomic E-state index is 13.2. The summed E-state index contributed by atoms with van der Waals surface area (Å²) in [5.74, 6) is -1.63. The number of carboxylic acids is 1. The zero-order chi connectivity index (χ0) is 29.0. The van der Waals surface area contributed by atoms with E-state index in [4.69, 9.17) is 15.6 Å². The van der Waals surface area contributed by atoms with E-state index in [9.17, 15) is 22.8 Å². The van der Waals surface area contributed by atoms with Gasteiger partial charge in [-0.25, -0.2) is 4.79 Å². The molecule has 0 spiro atoms. The predicted octanol–water partition coefficient (Wildman–Crippen LogP) is 5.19. The lowest BCUT2D eigenvalue weighted by Crippen LogP contribution is -2.49. The summed E-state index contributed by atoms with van der Waals surface area (Å²) in [5, 5.41) is 7.12. The average molecular weight is 554 g/mol. The fourth-order valence-electron chi connectivity index (χ4n) is 6.35. The van der Waals surface area contributed by atoms with Crippen molar-refractivity contribution in [1.29, 1.82) is 0 Å². The summed E-state index contributed by atoms with van der Waals surface area (Å²) >= 11 is 0. The maximum Gasteiger partial charge on any atom is 0.490 e. The van der Waals surface area contributed by atoms with Crippen LogP contribution < -0.4 is 5.73 Å². The largest absolute Gasteiger partial charge is 0.490 e. The Morgan fingerprint density at radius 3 is 2.08 bits per heavy atom. The van der Waals surface area contributed by atoms with E-state index in [0.29, 0.717) is 35.4 Å². The van der Waals surface area contributed by atoms with Gasteiger partial charge in [-0.1, -0.05) is 45.7 Å². The number of rotatable bonds is 7. The van der Waals surface area contributed by atoms with Crippen molar-refractivity contribution in [3.63, 3.8) is 0 Å². The van der Waals surface area contributed by atoms with Gasteiger partial charge in [0.2, 0.25) is 11.8 Å². The number of nitrogens with zero attached hydrogens (tertiary/aromatic N) is 2. The molecule has 218 valence electrons. The molecule has 1 aromatic rings. The number of aliphatic carboxylic acids is 1. The molecule has 2 aliphatic heterocycles. The number of halogens is 3. The van der Waals surface area contributed by atoms with Crippen molar-refractivity contribution in [3.05, 3.63) is 35.4 Å². The highest BCUT2D eigenvalue weighted by Crippen LogP contribution is 2.43. The topological polar surface area (TPSA) is 104 Å². The number of carbonyl (C=O) groups excluding carboxylic acids is 2. The Hall–Kier alpha value is -2.62. The molecule has 1 saturated carbocycles. The molecule has 7 nitrogen and oxygen atoms in total. The Morgan fingerprint density at radius 2 is 1.59 bits per heavy atom. The molecule has 39 heavy (non-hydrogen) atoms. The lowest BCUT2D eigenvalue weighted by atomic mass is 9.84. The standard InChI is InChI=1S/C27H41N3O2.C2HF3O2/c1-27(2,3)26(32)29(18-19-7-4-5-8-19)13-14-30-23-11-12-24(30)17-22(16-23)20-9-6-10-21(15-20)25(28)31;3-2(4,5)1(6)7/h6,9-10,15,19,22-24H,4-5,7-8,11-14,16-18H2,1-3H3,(H2,28,31);(H,6,7). The number of hydrogen-bond donors (Lipinski definition) is 2. The predicted molar refractivity (Wildman–Crippen MR) is 142 cm³/mol. The second-order valence-corrected chi connectivity index (χ2v) is 12.2. The molecule has 2 bridgehead atoms. The van der Waals surface area contributed by atoms with Crippen LogP contribution in [0.25, 0.3) is 0 Å². The number of carbonyl (C=O) groups is 3. The third kappa shape index (κ3) is 8.43. The van der Waals surface area contributed by atoms with Crippen LogP contribution in [0.2, 0.25) is 0 Å². The third-order valence-electron chi connectivity index (χ3n) is 8.28. The van der Waals surface area contributed by atoms with Crippen molar-refractivity contribution in [2.45, 2.75) is 96.3 Å². The molecule has 10 heteroatoms. The Labute approximate surface area is 228 Å². The Balaban J connectivity index is 0.000000532. The van der Waals surface area contributed by atoms with Crippen LogP contribution in [0.1, 0.15) is 94.0 Å². The molecule has 3 fully saturated rings. The van der Waals surface area contributed by atoms with E-state index in [1.807, 2.05) is 32.9 Å². The minimum absolute atomic E-state index is 0.301. The van der Waals surface area contributed by atoms with E-state index in [1.54, 1.807) is 6.07 Å². The summed E-state index contributed by atoms with van der Waals surface area (Å²) in [6.45, 7) is 8.91. The van der Waals surface area contributed by atoms with Gasteiger partial charge in [0.25, 0.3) is 0 Å². The fraction of sp³-hybridized carbons (Fsp3) is 0.690. The average Bonchev–Trinajstić information content (AvgIpc) is 3.45. The Kier molecular flexibility index (Phi) is 10.1. The number of benzene rings is 1. The van der Waals surface area contributed by atoms with Crippen LogP contribution in [0, 0.1) is 11.3 Å². The molecule has 0 aromatic heterocycles. The van der Waals surface area contributed by atoms with Crippen LogP contribution in [0.4, 0.5) is 13.2 Å². The first-order valence-corrected chi connectivity index (χ1v) is 13.9. The van der Waals surface area contributed by atoms with Crippen molar-refractivity contribution < 1.29 is 32.7 Å². The highest BCUT2D eigenvalue weighted by atomic mass is 19.4. The first kappa shape index (κ1) is 30.9. The van der Waals surface area contributed by atoms with Crippen molar-refractivity contribution in [3.8, 4) is 0 Å². The Bertz CT molecular complexity index is 1000. The molecule has 1 aliphatic carbocycles. The van der Waals surface area contributed by atoms with Gasteiger partial charge in [-0.15, -0.1) is 0 Å². The van der Waals surface area contributed by atoms with E-state index in [2.05, 4.69) is 15.9 Å². The molecule has 2 atom stereocenters. The van der Waals surface area contributed by atoms with Gasteiger partial charge in [-0.3, -0.25) is 14.5 Å². The number of nitrogens with two attached hydrogens (primary N) is 1. The zero-order valence-corrected chi connectivity index (χ0v) is 23.2. The summed E-state index contributed by atoms with van der Waals surface area (Å²) in [4.78, 5) is 38.6. The minimum Gasteiger partial charge on any atom is -0.475 e. The number of carboxylic acid groups (broad SMARTS) is 1. The van der Waals surface area contributed by atoms with Gasteiger partial charge in [-0.2, -0.15) is 13.2 Å². The number of primary amides is 1. The van der Waals surface area contributed by atoms with E-state index in [0.717, 1.165) is 32.5 Å². The van der Waals surface area contributed by atoms with Gasteiger partial charge in [0.15, 0.2) is 0 Å². The normalized spacial score (nSPS) is 23.7. The Morgan fingerprint density at radius 1 is 1.03 bits per heavy atom. The van der Waals surface area contributed by atoms with Crippen LogP contribution in [0.3, 0.4) is 0 Å². The van der Waals surface area contributed by atoms with Gasteiger partial charge in [0.05, 0.1) is 0 Å². The third-order valence-corrected chi connectivity index (χ3v) is 8.28. The first-order valence-electron chi connectivity index (χ1n) is 13.9. The maximum absolute atomic E-state index is 13.2. The lowest BCUT2D eigenvalue weighted by Gasteiger charge is -2.41. The molecular weight excluding hydrogens is 511 g/mol. The molecule has 2 saturated heterocycles. The first-order chi connectivity index (χ1) is 18.2. The van der Waals surface area contributed by atoms with Gasteiger partial charge < -0.3 is 15.7 Å². The molecule has 2 unspecified atom stereocenters. The van der Waals surface area contributed by atoms with Crippen molar-refractivity contribution in [1.82, 2.24) is 9.80 Å². The van der Waals surface area contributed by atoms with Gasteiger partial charge in [0.1, 0.15) is 0 Å². The summed E-state index contributed by atoms with van der Waals surface area (Å²) < 4.78 is 31.7. The SMILES string of the molecule is CC(C)(C)C(=O)N(CCN1C2CCC1CC(c1cccc(C(N)=O)c1)C2)CC1CCCC1.O=C(O)C(F)(F)F. The molecule has 1 aromatic carbocycles. The molecule has 2 amide bonds. The quantitative estimate of drug-likeness (QED) is 0.484. The molecule has 2 heterocycles. The van der Waals surface area contributed by atoms with Crippen LogP contribution in [-0.4, -0.2) is 70.6 Å². The molecular formula is C29H42F3N3O4. The number of alkyl halides is 3. The summed E-state index contributed by atoms with van der Waals surface area (Å²) in [6, 6.07) is 9.07. The van der Waals surface area contributed by atoms with E-state index < -0.39 is 12.1 Å². The van der Waals surface area contributed by atoms with E-state index in [-0.39, 0.29) is 11.3 Å². The van der Waals surface area contributed by atoms with Crippen molar-refractivity contribution in [2.24, 2.45) is 17.1 Å². The van der Waals surface area contributed by atoms with Gasteiger partial charge >= 0.3 is 12.1 Å². The molecule has 0 radical (unpaired) electrons. The molecule has 4 rings (SSSR count). The molecule has 3 N–H and O–H groups in total.